The van der Waals surface area contributed by atoms with Crippen molar-refractivity contribution >= 4 is 37.5 Å². The SMILES string of the molecule is CCNS(=O)(=O)c1cccc(C(=O)Nc2ccc(Br)c(C)c2)c1. The molecular formula is C16H17BrN2O3S. The second kappa shape index (κ2) is 7.25. The summed E-state index contributed by atoms with van der Waals surface area (Å²) < 4.78 is 27.4. The molecule has 23 heavy (non-hydrogen) atoms. The van der Waals surface area contributed by atoms with Crippen LogP contribution in [0.3, 0.4) is 0 Å². The Hall–Kier alpha value is -1.70. The zero-order chi connectivity index (χ0) is 17.0. The third kappa shape index (κ3) is 4.40. The molecule has 0 aliphatic rings. The van der Waals surface area contributed by atoms with Gasteiger partial charge in [-0.1, -0.05) is 28.9 Å². The van der Waals surface area contributed by atoms with Crippen LogP contribution in [-0.4, -0.2) is 20.9 Å². The maximum Gasteiger partial charge on any atom is 0.255 e. The van der Waals surface area contributed by atoms with Crippen LogP contribution < -0.4 is 10.0 Å². The lowest BCUT2D eigenvalue weighted by Crippen LogP contribution is -2.23. The molecule has 2 N–H and O–H groups in total. The van der Waals surface area contributed by atoms with Gasteiger partial charge in [0.05, 0.1) is 4.90 Å². The molecule has 0 heterocycles. The fourth-order valence-electron chi connectivity index (χ4n) is 2.00. The molecule has 0 unspecified atom stereocenters. The van der Waals surface area contributed by atoms with Crippen molar-refractivity contribution in [2.75, 3.05) is 11.9 Å². The monoisotopic (exact) mass is 396 g/mol. The van der Waals surface area contributed by atoms with Crippen LogP contribution in [-0.2, 0) is 10.0 Å². The number of carbonyl (C=O) groups is 1. The number of hydrogen-bond donors (Lipinski definition) is 2. The third-order valence-electron chi connectivity index (χ3n) is 3.16. The average molecular weight is 397 g/mol. The van der Waals surface area contributed by atoms with E-state index in [1.807, 2.05) is 19.1 Å². The molecule has 0 saturated heterocycles. The normalized spacial score (nSPS) is 11.3. The van der Waals surface area contributed by atoms with Gasteiger partial charge in [0, 0.05) is 22.3 Å². The quantitative estimate of drug-likeness (QED) is 0.813. The number of amides is 1. The number of carbonyl (C=O) groups excluding carboxylic acids is 1. The van der Waals surface area contributed by atoms with Gasteiger partial charge in [-0.3, -0.25) is 4.79 Å². The van der Waals surface area contributed by atoms with E-state index in [9.17, 15) is 13.2 Å². The van der Waals surface area contributed by atoms with Gasteiger partial charge in [0.2, 0.25) is 10.0 Å². The first kappa shape index (κ1) is 17.7. The standard InChI is InChI=1S/C16H17BrN2O3S/c1-3-18-23(21,22)14-6-4-5-12(10-14)16(20)19-13-7-8-15(17)11(2)9-13/h4-10,18H,3H2,1-2H3,(H,19,20). The minimum absolute atomic E-state index is 0.0685. The van der Waals surface area contributed by atoms with Crippen molar-refractivity contribution in [1.82, 2.24) is 4.72 Å². The lowest BCUT2D eigenvalue weighted by molar-refractivity contribution is 0.102. The van der Waals surface area contributed by atoms with Gasteiger partial charge in [-0.25, -0.2) is 13.1 Å². The molecule has 2 aromatic carbocycles. The Kier molecular flexibility index (Phi) is 5.56. The number of halogens is 1. The lowest BCUT2D eigenvalue weighted by atomic mass is 10.2. The Bertz CT molecular complexity index is 835. The van der Waals surface area contributed by atoms with Gasteiger partial charge >= 0.3 is 0 Å². The number of anilines is 1. The number of hydrogen-bond acceptors (Lipinski definition) is 3. The highest BCUT2D eigenvalue weighted by atomic mass is 79.9. The summed E-state index contributed by atoms with van der Waals surface area (Å²) in [5.74, 6) is -0.361. The molecule has 7 heteroatoms. The fourth-order valence-corrected chi connectivity index (χ4v) is 3.34. The summed E-state index contributed by atoms with van der Waals surface area (Å²) in [4.78, 5) is 12.4. The molecule has 0 aliphatic carbocycles. The second-order valence-electron chi connectivity index (χ2n) is 4.95. The van der Waals surface area contributed by atoms with E-state index >= 15 is 0 Å². The molecule has 0 radical (unpaired) electrons. The summed E-state index contributed by atoms with van der Waals surface area (Å²) in [6, 6.07) is 11.4. The van der Waals surface area contributed by atoms with Crippen LogP contribution >= 0.6 is 15.9 Å². The molecule has 1 amide bonds. The van der Waals surface area contributed by atoms with E-state index in [-0.39, 0.29) is 22.9 Å². The summed E-state index contributed by atoms with van der Waals surface area (Å²) in [5.41, 5.74) is 1.92. The highest BCUT2D eigenvalue weighted by Crippen LogP contribution is 2.21. The molecular weight excluding hydrogens is 380 g/mol. The van der Waals surface area contributed by atoms with E-state index in [2.05, 4.69) is 26.0 Å². The molecule has 0 aliphatic heterocycles. The Labute approximate surface area is 144 Å². The molecule has 122 valence electrons. The zero-order valence-electron chi connectivity index (χ0n) is 12.8. The molecule has 0 aromatic heterocycles. The van der Waals surface area contributed by atoms with Gasteiger partial charge < -0.3 is 5.32 Å². The highest BCUT2D eigenvalue weighted by molar-refractivity contribution is 9.10. The van der Waals surface area contributed by atoms with Gasteiger partial charge in [-0.05, 0) is 48.9 Å². The Morgan fingerprint density at radius 2 is 1.91 bits per heavy atom. The summed E-state index contributed by atoms with van der Waals surface area (Å²) >= 11 is 3.40. The molecule has 0 saturated carbocycles. The lowest BCUT2D eigenvalue weighted by Gasteiger charge is -2.09. The van der Waals surface area contributed by atoms with Crippen LogP contribution in [0, 0.1) is 6.92 Å². The largest absolute Gasteiger partial charge is 0.322 e. The smallest absolute Gasteiger partial charge is 0.255 e. The molecule has 2 rings (SSSR count). The second-order valence-corrected chi connectivity index (χ2v) is 7.57. The summed E-state index contributed by atoms with van der Waals surface area (Å²) in [7, 11) is -3.59. The van der Waals surface area contributed by atoms with Crippen LogP contribution in [0.2, 0.25) is 0 Å². The van der Waals surface area contributed by atoms with Crippen LogP contribution in [0.1, 0.15) is 22.8 Å². The summed E-state index contributed by atoms with van der Waals surface area (Å²) in [6.07, 6.45) is 0. The van der Waals surface area contributed by atoms with Crippen LogP contribution in [0.25, 0.3) is 0 Å². The Balaban J connectivity index is 2.24. The minimum Gasteiger partial charge on any atom is -0.322 e. The van der Waals surface area contributed by atoms with Crippen molar-refractivity contribution in [3.05, 3.63) is 58.1 Å². The maximum atomic E-state index is 12.3. The average Bonchev–Trinajstić information content (AvgIpc) is 2.51. The van der Waals surface area contributed by atoms with E-state index in [0.29, 0.717) is 5.69 Å². The van der Waals surface area contributed by atoms with Gasteiger partial charge in [0.15, 0.2) is 0 Å². The van der Waals surface area contributed by atoms with Crippen molar-refractivity contribution in [2.45, 2.75) is 18.7 Å². The molecule has 2 aromatic rings. The Morgan fingerprint density at radius 1 is 1.17 bits per heavy atom. The first-order valence-corrected chi connectivity index (χ1v) is 9.28. The van der Waals surface area contributed by atoms with Crippen molar-refractivity contribution < 1.29 is 13.2 Å². The van der Waals surface area contributed by atoms with E-state index in [1.54, 1.807) is 25.1 Å². The zero-order valence-corrected chi connectivity index (χ0v) is 15.2. The summed E-state index contributed by atoms with van der Waals surface area (Å²) in [5, 5.41) is 2.76. The van der Waals surface area contributed by atoms with Crippen LogP contribution in [0.5, 0.6) is 0 Å². The number of sulfonamides is 1. The first-order valence-electron chi connectivity index (χ1n) is 7.00. The number of aryl methyl sites for hydroxylation is 1. The van der Waals surface area contributed by atoms with E-state index in [1.165, 1.54) is 12.1 Å². The summed E-state index contributed by atoms with van der Waals surface area (Å²) in [6.45, 7) is 3.91. The molecule has 0 bridgehead atoms. The molecule has 0 spiro atoms. The van der Waals surface area contributed by atoms with Crippen molar-refractivity contribution in [1.29, 1.82) is 0 Å². The number of benzene rings is 2. The molecule has 0 atom stereocenters. The van der Waals surface area contributed by atoms with Gasteiger partial charge in [0.25, 0.3) is 5.91 Å². The fraction of sp³-hybridized carbons (Fsp3) is 0.188. The maximum absolute atomic E-state index is 12.3. The van der Waals surface area contributed by atoms with Gasteiger partial charge in [-0.2, -0.15) is 0 Å². The Morgan fingerprint density at radius 3 is 2.57 bits per heavy atom. The minimum atomic E-state index is -3.59. The van der Waals surface area contributed by atoms with Gasteiger partial charge in [0.1, 0.15) is 0 Å². The van der Waals surface area contributed by atoms with Crippen molar-refractivity contribution in [3.63, 3.8) is 0 Å². The highest BCUT2D eigenvalue weighted by Gasteiger charge is 2.15. The molecule has 0 fully saturated rings. The molecule has 5 nitrogen and oxygen atoms in total. The number of rotatable bonds is 5. The van der Waals surface area contributed by atoms with E-state index in [4.69, 9.17) is 0 Å². The predicted octanol–water partition coefficient (Wildman–Crippen LogP) is 3.31. The first-order chi connectivity index (χ1) is 10.8. The number of nitrogens with one attached hydrogen (secondary N) is 2. The third-order valence-corrected chi connectivity index (χ3v) is 5.59. The van der Waals surface area contributed by atoms with Crippen LogP contribution in [0.15, 0.2) is 51.8 Å². The van der Waals surface area contributed by atoms with Gasteiger partial charge in [-0.15, -0.1) is 0 Å². The van der Waals surface area contributed by atoms with Crippen molar-refractivity contribution in [3.8, 4) is 0 Å². The van der Waals surface area contributed by atoms with Crippen LogP contribution in [0.4, 0.5) is 5.69 Å². The van der Waals surface area contributed by atoms with E-state index < -0.39 is 10.0 Å². The predicted molar refractivity (Wildman–Crippen MR) is 94.1 cm³/mol. The van der Waals surface area contributed by atoms with E-state index in [0.717, 1.165) is 10.0 Å². The van der Waals surface area contributed by atoms with Crippen molar-refractivity contribution in [2.24, 2.45) is 0 Å². The topological polar surface area (TPSA) is 75.3 Å².